The van der Waals surface area contributed by atoms with Crippen LogP contribution in [0.2, 0.25) is 0 Å². The molecule has 3 rings (SSSR count). The first-order valence-corrected chi connectivity index (χ1v) is 8.01. The standard InChI is InChI=1S/C19H21NO4/c1-4-15(24-16-7-5-12(2)9-13(16)3)19(21)20-14-6-8-17-18(10-14)23-11-22-17/h5-10,15H,4,11H2,1-3H3,(H,20,21). The summed E-state index contributed by atoms with van der Waals surface area (Å²) in [4.78, 5) is 12.5. The largest absolute Gasteiger partial charge is 0.480 e. The smallest absolute Gasteiger partial charge is 0.265 e. The van der Waals surface area contributed by atoms with E-state index in [9.17, 15) is 4.79 Å². The Kier molecular flexibility index (Phi) is 4.60. The molecule has 126 valence electrons. The second kappa shape index (κ2) is 6.83. The third-order valence-electron chi connectivity index (χ3n) is 3.90. The fourth-order valence-electron chi connectivity index (χ4n) is 2.60. The third-order valence-corrected chi connectivity index (χ3v) is 3.90. The molecule has 0 radical (unpaired) electrons. The van der Waals surface area contributed by atoms with E-state index < -0.39 is 6.10 Å². The van der Waals surface area contributed by atoms with Crippen LogP contribution in [0.4, 0.5) is 5.69 Å². The lowest BCUT2D eigenvalue weighted by Gasteiger charge is -2.19. The average Bonchev–Trinajstić information content (AvgIpc) is 3.01. The maximum absolute atomic E-state index is 12.5. The molecule has 24 heavy (non-hydrogen) atoms. The molecule has 0 fully saturated rings. The first-order chi connectivity index (χ1) is 11.6. The number of anilines is 1. The number of benzene rings is 2. The number of carbonyl (C=O) groups is 1. The molecule has 1 aliphatic heterocycles. The minimum absolute atomic E-state index is 0.184. The predicted molar refractivity (Wildman–Crippen MR) is 91.8 cm³/mol. The zero-order valence-corrected chi connectivity index (χ0v) is 14.1. The van der Waals surface area contributed by atoms with Gasteiger partial charge in [-0.3, -0.25) is 4.79 Å². The maximum Gasteiger partial charge on any atom is 0.265 e. The average molecular weight is 327 g/mol. The van der Waals surface area contributed by atoms with E-state index in [1.54, 1.807) is 18.2 Å². The normalized spacial score (nSPS) is 13.5. The molecular weight excluding hydrogens is 306 g/mol. The summed E-state index contributed by atoms with van der Waals surface area (Å²) in [6.07, 6.45) is 0.0146. The zero-order valence-electron chi connectivity index (χ0n) is 14.1. The van der Waals surface area contributed by atoms with Crippen molar-refractivity contribution in [3.05, 3.63) is 47.5 Å². The molecule has 0 spiro atoms. The molecule has 0 saturated carbocycles. The van der Waals surface area contributed by atoms with Crippen molar-refractivity contribution >= 4 is 11.6 Å². The molecule has 2 aromatic carbocycles. The Morgan fingerprint density at radius 1 is 1.17 bits per heavy atom. The molecule has 1 unspecified atom stereocenters. The molecule has 1 aliphatic rings. The van der Waals surface area contributed by atoms with Gasteiger partial charge in [-0.15, -0.1) is 0 Å². The zero-order chi connectivity index (χ0) is 17.1. The Morgan fingerprint density at radius 3 is 2.71 bits per heavy atom. The van der Waals surface area contributed by atoms with Gasteiger partial charge in [-0.2, -0.15) is 0 Å². The van der Waals surface area contributed by atoms with Crippen LogP contribution < -0.4 is 19.5 Å². The number of hydrogen-bond donors (Lipinski definition) is 1. The lowest BCUT2D eigenvalue weighted by atomic mass is 10.1. The van der Waals surface area contributed by atoms with Crippen molar-refractivity contribution in [1.29, 1.82) is 0 Å². The Labute approximate surface area is 141 Å². The summed E-state index contributed by atoms with van der Waals surface area (Å²) in [5.74, 6) is 1.87. The molecule has 1 amide bonds. The van der Waals surface area contributed by atoms with Crippen molar-refractivity contribution in [1.82, 2.24) is 0 Å². The van der Waals surface area contributed by atoms with Crippen LogP contribution in [-0.4, -0.2) is 18.8 Å². The highest BCUT2D eigenvalue weighted by Crippen LogP contribution is 2.34. The summed E-state index contributed by atoms with van der Waals surface area (Å²) in [7, 11) is 0. The summed E-state index contributed by atoms with van der Waals surface area (Å²) < 4.78 is 16.5. The minimum Gasteiger partial charge on any atom is -0.480 e. The molecule has 5 heteroatoms. The summed E-state index contributed by atoms with van der Waals surface area (Å²) in [5, 5.41) is 2.87. The number of nitrogens with one attached hydrogen (secondary N) is 1. The second-order valence-electron chi connectivity index (χ2n) is 5.84. The van der Waals surface area contributed by atoms with E-state index in [0.29, 0.717) is 23.6 Å². The number of fused-ring (bicyclic) bond motifs is 1. The van der Waals surface area contributed by atoms with Crippen molar-refractivity contribution in [2.75, 3.05) is 12.1 Å². The van der Waals surface area contributed by atoms with Gasteiger partial charge in [0.25, 0.3) is 5.91 Å². The Morgan fingerprint density at radius 2 is 1.96 bits per heavy atom. The highest BCUT2D eigenvalue weighted by molar-refractivity contribution is 5.94. The molecule has 0 aromatic heterocycles. The molecule has 1 N–H and O–H groups in total. The second-order valence-corrected chi connectivity index (χ2v) is 5.84. The fraction of sp³-hybridized carbons (Fsp3) is 0.316. The summed E-state index contributed by atoms with van der Waals surface area (Å²) in [6.45, 7) is 6.14. The molecule has 1 atom stereocenters. The summed E-state index contributed by atoms with van der Waals surface area (Å²) >= 11 is 0. The molecule has 0 aliphatic carbocycles. The number of ether oxygens (including phenoxy) is 3. The van der Waals surface area contributed by atoms with Gasteiger partial charge in [0, 0.05) is 11.8 Å². The maximum atomic E-state index is 12.5. The SMILES string of the molecule is CCC(Oc1ccc(C)cc1C)C(=O)Nc1ccc2c(c1)OCO2. The van der Waals surface area contributed by atoms with Gasteiger partial charge in [0.2, 0.25) is 6.79 Å². The Balaban J connectivity index is 1.70. The van der Waals surface area contributed by atoms with Crippen molar-refractivity contribution in [2.24, 2.45) is 0 Å². The highest BCUT2D eigenvalue weighted by atomic mass is 16.7. The van der Waals surface area contributed by atoms with Crippen molar-refractivity contribution in [3.63, 3.8) is 0 Å². The van der Waals surface area contributed by atoms with Crippen molar-refractivity contribution in [3.8, 4) is 17.2 Å². The van der Waals surface area contributed by atoms with E-state index in [0.717, 1.165) is 16.9 Å². The van der Waals surface area contributed by atoms with E-state index in [2.05, 4.69) is 5.32 Å². The number of carbonyl (C=O) groups excluding carboxylic acids is 1. The number of hydrogen-bond acceptors (Lipinski definition) is 4. The van der Waals surface area contributed by atoms with Crippen LogP contribution in [0.15, 0.2) is 36.4 Å². The molecule has 1 heterocycles. The molecular formula is C19H21NO4. The van der Waals surface area contributed by atoms with Crippen LogP contribution in [-0.2, 0) is 4.79 Å². The molecule has 5 nitrogen and oxygen atoms in total. The topological polar surface area (TPSA) is 56.8 Å². The van der Waals surface area contributed by atoms with Crippen LogP contribution in [0.5, 0.6) is 17.2 Å². The van der Waals surface area contributed by atoms with Crippen molar-refractivity contribution < 1.29 is 19.0 Å². The summed E-state index contributed by atoms with van der Waals surface area (Å²) in [6, 6.07) is 11.2. The van der Waals surface area contributed by atoms with E-state index in [4.69, 9.17) is 14.2 Å². The van der Waals surface area contributed by atoms with Crippen LogP contribution in [0.1, 0.15) is 24.5 Å². The van der Waals surface area contributed by atoms with Gasteiger partial charge >= 0.3 is 0 Å². The van der Waals surface area contributed by atoms with Gasteiger partial charge in [-0.05, 0) is 44.0 Å². The van der Waals surface area contributed by atoms with Crippen LogP contribution in [0.25, 0.3) is 0 Å². The van der Waals surface area contributed by atoms with Gasteiger partial charge in [-0.1, -0.05) is 24.6 Å². The predicted octanol–water partition coefficient (Wildman–Crippen LogP) is 3.83. The number of aryl methyl sites for hydroxylation is 2. The quantitative estimate of drug-likeness (QED) is 0.907. The first kappa shape index (κ1) is 16.2. The highest BCUT2D eigenvalue weighted by Gasteiger charge is 2.21. The van der Waals surface area contributed by atoms with E-state index in [1.807, 2.05) is 39.0 Å². The van der Waals surface area contributed by atoms with Crippen LogP contribution in [0, 0.1) is 13.8 Å². The monoisotopic (exact) mass is 327 g/mol. The third kappa shape index (κ3) is 3.45. The lowest BCUT2D eigenvalue weighted by molar-refractivity contribution is -0.122. The molecule has 0 bridgehead atoms. The van der Waals surface area contributed by atoms with Gasteiger partial charge in [0.1, 0.15) is 5.75 Å². The van der Waals surface area contributed by atoms with Crippen molar-refractivity contribution in [2.45, 2.75) is 33.3 Å². The number of rotatable bonds is 5. The van der Waals surface area contributed by atoms with E-state index >= 15 is 0 Å². The lowest BCUT2D eigenvalue weighted by Crippen LogP contribution is -2.32. The summed E-state index contributed by atoms with van der Waals surface area (Å²) in [5.41, 5.74) is 2.84. The van der Waals surface area contributed by atoms with Gasteiger partial charge in [-0.25, -0.2) is 0 Å². The Hall–Kier alpha value is -2.69. The Bertz CT molecular complexity index is 757. The molecule has 2 aromatic rings. The van der Waals surface area contributed by atoms with Gasteiger partial charge in [0.05, 0.1) is 0 Å². The van der Waals surface area contributed by atoms with Gasteiger partial charge in [0.15, 0.2) is 17.6 Å². The van der Waals surface area contributed by atoms with E-state index in [1.165, 1.54) is 0 Å². The van der Waals surface area contributed by atoms with Gasteiger partial charge < -0.3 is 19.5 Å². The fourth-order valence-corrected chi connectivity index (χ4v) is 2.60. The van der Waals surface area contributed by atoms with Crippen LogP contribution >= 0.6 is 0 Å². The first-order valence-electron chi connectivity index (χ1n) is 8.01. The van der Waals surface area contributed by atoms with Crippen LogP contribution in [0.3, 0.4) is 0 Å². The number of amides is 1. The molecule has 0 saturated heterocycles. The van der Waals surface area contributed by atoms with E-state index in [-0.39, 0.29) is 12.7 Å². The minimum atomic E-state index is -0.558.